The largest absolute Gasteiger partial charge is 0.418 e. The number of carbonyl (C=O) groups excluding carboxylic acids is 1. The molecule has 3 nitrogen and oxygen atoms in total. The van der Waals surface area contributed by atoms with Crippen molar-refractivity contribution >= 4 is 17.3 Å². The van der Waals surface area contributed by atoms with Crippen LogP contribution in [0, 0.1) is 11.8 Å². The lowest BCUT2D eigenvalue weighted by Crippen LogP contribution is -2.22. The number of nitrogen functional groups attached to an aromatic ring is 1. The number of rotatable bonds is 3. The van der Waals surface area contributed by atoms with E-state index < -0.39 is 11.7 Å². The number of nitrogens with one attached hydrogen (secondary N) is 1. The maximum absolute atomic E-state index is 12.7. The van der Waals surface area contributed by atoms with Crippen molar-refractivity contribution in [1.29, 1.82) is 0 Å². The molecule has 3 N–H and O–H groups in total. The van der Waals surface area contributed by atoms with Gasteiger partial charge in [0.1, 0.15) is 0 Å². The molecule has 1 aliphatic rings. The van der Waals surface area contributed by atoms with Crippen LogP contribution in [0.5, 0.6) is 0 Å². The quantitative estimate of drug-likeness (QED) is 0.830. The molecule has 1 aromatic carbocycles. The molecule has 1 aliphatic carbocycles. The summed E-state index contributed by atoms with van der Waals surface area (Å²) in [4.78, 5) is 11.8. The number of hydrogen-bond donors (Lipinski definition) is 2. The van der Waals surface area contributed by atoms with Gasteiger partial charge in [-0.25, -0.2) is 0 Å². The second-order valence-corrected chi connectivity index (χ2v) is 4.92. The molecule has 6 heteroatoms. The minimum Gasteiger partial charge on any atom is -0.398 e. The van der Waals surface area contributed by atoms with Crippen molar-refractivity contribution < 1.29 is 18.0 Å². The van der Waals surface area contributed by atoms with Crippen LogP contribution >= 0.6 is 0 Å². The molecule has 1 amide bonds. The van der Waals surface area contributed by atoms with Crippen molar-refractivity contribution in [3.63, 3.8) is 0 Å². The molecule has 104 valence electrons. The maximum Gasteiger partial charge on any atom is 0.418 e. The summed E-state index contributed by atoms with van der Waals surface area (Å²) in [6.07, 6.45) is -2.51. The molecular weight excluding hydrogens is 257 g/mol. The SMILES string of the molecule is CC(C(=O)Nc1ccc(N)c(C(F)(F)F)c1)C1CC1. The highest BCUT2D eigenvalue weighted by atomic mass is 19.4. The summed E-state index contributed by atoms with van der Waals surface area (Å²) in [6, 6.07) is 3.40. The van der Waals surface area contributed by atoms with Gasteiger partial charge in [-0.05, 0) is 37.0 Å². The summed E-state index contributed by atoms with van der Waals surface area (Å²) in [7, 11) is 0. The van der Waals surface area contributed by atoms with Gasteiger partial charge < -0.3 is 11.1 Å². The van der Waals surface area contributed by atoms with Crippen LogP contribution in [0.15, 0.2) is 18.2 Å². The maximum atomic E-state index is 12.7. The van der Waals surface area contributed by atoms with Crippen molar-refractivity contribution in [2.24, 2.45) is 11.8 Å². The summed E-state index contributed by atoms with van der Waals surface area (Å²) >= 11 is 0. The van der Waals surface area contributed by atoms with E-state index in [9.17, 15) is 18.0 Å². The van der Waals surface area contributed by atoms with Crippen LogP contribution in [0.1, 0.15) is 25.3 Å². The van der Waals surface area contributed by atoms with E-state index >= 15 is 0 Å². The fraction of sp³-hybridized carbons (Fsp3) is 0.462. The third-order valence-electron chi connectivity index (χ3n) is 3.37. The van der Waals surface area contributed by atoms with Gasteiger partial charge in [0.2, 0.25) is 5.91 Å². The lowest BCUT2D eigenvalue weighted by Gasteiger charge is -2.14. The van der Waals surface area contributed by atoms with Crippen molar-refractivity contribution in [3.8, 4) is 0 Å². The van der Waals surface area contributed by atoms with E-state index in [0.29, 0.717) is 5.92 Å². The van der Waals surface area contributed by atoms with Crippen molar-refractivity contribution in [3.05, 3.63) is 23.8 Å². The molecule has 0 aromatic heterocycles. The first-order chi connectivity index (χ1) is 8.79. The first-order valence-electron chi connectivity index (χ1n) is 6.06. The number of hydrogen-bond acceptors (Lipinski definition) is 2. The van der Waals surface area contributed by atoms with Crippen LogP contribution < -0.4 is 11.1 Å². The van der Waals surface area contributed by atoms with Gasteiger partial charge in [0, 0.05) is 17.3 Å². The van der Waals surface area contributed by atoms with Crippen LogP contribution in [0.4, 0.5) is 24.5 Å². The minimum atomic E-state index is -4.52. The van der Waals surface area contributed by atoms with Crippen molar-refractivity contribution in [1.82, 2.24) is 0 Å². The highest BCUT2D eigenvalue weighted by Gasteiger charge is 2.34. The van der Waals surface area contributed by atoms with Gasteiger partial charge in [-0.3, -0.25) is 4.79 Å². The zero-order valence-corrected chi connectivity index (χ0v) is 10.4. The molecule has 0 radical (unpaired) electrons. The molecule has 0 saturated heterocycles. The highest BCUT2D eigenvalue weighted by Crippen LogP contribution is 2.38. The van der Waals surface area contributed by atoms with Crippen LogP contribution in [-0.2, 0) is 11.0 Å². The van der Waals surface area contributed by atoms with E-state index in [2.05, 4.69) is 5.32 Å². The molecule has 2 rings (SSSR count). The molecule has 0 aliphatic heterocycles. The average Bonchev–Trinajstić information content (AvgIpc) is 3.13. The van der Waals surface area contributed by atoms with Crippen LogP contribution in [-0.4, -0.2) is 5.91 Å². The van der Waals surface area contributed by atoms with Crippen molar-refractivity contribution in [2.75, 3.05) is 11.1 Å². The Bertz CT molecular complexity index is 495. The Hall–Kier alpha value is -1.72. The average molecular weight is 272 g/mol. The van der Waals surface area contributed by atoms with Crippen LogP contribution in [0.25, 0.3) is 0 Å². The number of anilines is 2. The molecule has 1 unspecified atom stereocenters. The molecule has 0 heterocycles. The van der Waals surface area contributed by atoms with Gasteiger partial charge in [0.15, 0.2) is 0 Å². The Balaban J connectivity index is 2.14. The Morgan fingerprint density at radius 1 is 1.42 bits per heavy atom. The zero-order valence-electron chi connectivity index (χ0n) is 10.4. The minimum absolute atomic E-state index is 0.124. The zero-order chi connectivity index (χ0) is 14.2. The fourth-order valence-electron chi connectivity index (χ4n) is 1.95. The Morgan fingerprint density at radius 2 is 2.05 bits per heavy atom. The number of amides is 1. The first kappa shape index (κ1) is 13.7. The van der Waals surface area contributed by atoms with Crippen LogP contribution in [0.2, 0.25) is 0 Å². The summed E-state index contributed by atoms with van der Waals surface area (Å²) < 4.78 is 38.0. The molecule has 1 aromatic rings. The standard InChI is InChI=1S/C13H15F3N2O/c1-7(8-2-3-8)12(19)18-9-4-5-11(17)10(6-9)13(14,15)16/h4-8H,2-3,17H2,1H3,(H,18,19). The molecule has 1 atom stereocenters. The first-order valence-corrected chi connectivity index (χ1v) is 6.06. The lowest BCUT2D eigenvalue weighted by molar-refractivity contribution is -0.137. The monoisotopic (exact) mass is 272 g/mol. The Kier molecular flexibility index (Phi) is 3.43. The van der Waals surface area contributed by atoms with Gasteiger partial charge in [0.25, 0.3) is 0 Å². The number of halogens is 3. The van der Waals surface area contributed by atoms with E-state index in [1.807, 2.05) is 0 Å². The summed E-state index contributed by atoms with van der Waals surface area (Å²) in [6.45, 7) is 1.79. The van der Waals surface area contributed by atoms with E-state index in [4.69, 9.17) is 5.73 Å². The summed E-state index contributed by atoms with van der Waals surface area (Å²) in [5.74, 6) is -0.0665. The third kappa shape index (κ3) is 3.19. The summed E-state index contributed by atoms with van der Waals surface area (Å²) in [5.41, 5.74) is 4.14. The Morgan fingerprint density at radius 3 is 2.58 bits per heavy atom. The fourth-order valence-corrected chi connectivity index (χ4v) is 1.95. The highest BCUT2D eigenvalue weighted by molar-refractivity contribution is 5.93. The topological polar surface area (TPSA) is 55.1 Å². The normalized spacial score (nSPS) is 17.1. The molecule has 0 bridgehead atoms. The predicted molar refractivity (Wildman–Crippen MR) is 66.4 cm³/mol. The summed E-state index contributed by atoms with van der Waals surface area (Å²) in [5, 5.41) is 2.51. The van der Waals surface area contributed by atoms with E-state index in [1.165, 1.54) is 6.07 Å². The van der Waals surface area contributed by atoms with Gasteiger partial charge in [0.05, 0.1) is 5.56 Å². The second-order valence-electron chi connectivity index (χ2n) is 4.92. The molecule has 0 spiro atoms. The van der Waals surface area contributed by atoms with Gasteiger partial charge >= 0.3 is 6.18 Å². The predicted octanol–water partition coefficient (Wildman–Crippen LogP) is 3.27. The number of carbonyl (C=O) groups is 1. The number of benzene rings is 1. The third-order valence-corrected chi connectivity index (χ3v) is 3.37. The molecular formula is C13H15F3N2O. The van der Waals surface area contributed by atoms with Crippen LogP contribution in [0.3, 0.4) is 0 Å². The van der Waals surface area contributed by atoms with Gasteiger partial charge in [-0.15, -0.1) is 0 Å². The van der Waals surface area contributed by atoms with Gasteiger partial charge in [-0.1, -0.05) is 6.92 Å². The number of nitrogens with two attached hydrogens (primary N) is 1. The molecule has 1 fully saturated rings. The van der Waals surface area contributed by atoms with E-state index in [-0.39, 0.29) is 23.2 Å². The smallest absolute Gasteiger partial charge is 0.398 e. The van der Waals surface area contributed by atoms with Gasteiger partial charge in [-0.2, -0.15) is 13.2 Å². The van der Waals surface area contributed by atoms with E-state index in [1.54, 1.807) is 6.92 Å². The molecule has 1 saturated carbocycles. The number of alkyl halides is 3. The lowest BCUT2D eigenvalue weighted by atomic mass is 10.1. The van der Waals surface area contributed by atoms with Crippen molar-refractivity contribution in [2.45, 2.75) is 25.9 Å². The second kappa shape index (κ2) is 4.75. The van der Waals surface area contributed by atoms with E-state index in [0.717, 1.165) is 25.0 Å². The Labute approximate surface area is 109 Å². The molecule has 19 heavy (non-hydrogen) atoms.